The zero-order valence-electron chi connectivity index (χ0n) is 13.8. The molecule has 0 spiro atoms. The van der Waals surface area contributed by atoms with Gasteiger partial charge in [0.15, 0.2) is 0 Å². The van der Waals surface area contributed by atoms with Gasteiger partial charge in [-0.05, 0) is 31.5 Å². The van der Waals surface area contributed by atoms with Crippen LogP contribution in [-0.4, -0.2) is 46.3 Å². The van der Waals surface area contributed by atoms with Gasteiger partial charge in [-0.1, -0.05) is 19.3 Å². The molecule has 0 heterocycles. The summed E-state index contributed by atoms with van der Waals surface area (Å²) in [5.41, 5.74) is 0. The minimum atomic E-state index is -1.17. The molecular weight excluding hydrogens is 338 g/mol. The van der Waals surface area contributed by atoms with Crippen LogP contribution >= 0.6 is 11.8 Å². The lowest BCUT2D eigenvalue weighted by Crippen LogP contribution is -2.35. The first-order valence-electron chi connectivity index (χ1n) is 7.87. The largest absolute Gasteiger partial charge is 0.480 e. The Labute approximate surface area is 144 Å². The number of amides is 1. The number of rotatable bonds is 7. The van der Waals surface area contributed by atoms with Crippen molar-refractivity contribution in [1.82, 2.24) is 5.32 Å². The molecule has 0 aliphatic heterocycles. The molecule has 2 atom stereocenters. The second-order valence-corrected chi connectivity index (χ2v) is 6.86. The number of hydrogen-bond acceptors (Lipinski definition) is 7. The molecule has 8 nitrogen and oxygen atoms in total. The second kappa shape index (κ2) is 10.2. The first-order chi connectivity index (χ1) is 11.3. The number of hydrogen-bond donors (Lipinski definition) is 2. The fraction of sp³-hybridized carbons (Fsp3) is 0.733. The first-order valence-corrected chi connectivity index (χ1v) is 8.74. The van der Waals surface area contributed by atoms with Crippen molar-refractivity contribution in [2.45, 2.75) is 57.5 Å². The molecule has 1 unspecified atom stereocenters. The van der Waals surface area contributed by atoms with Crippen LogP contribution in [0.2, 0.25) is 0 Å². The fourth-order valence-electron chi connectivity index (χ4n) is 2.29. The Morgan fingerprint density at radius 2 is 1.75 bits per heavy atom. The van der Waals surface area contributed by atoms with Crippen molar-refractivity contribution >= 4 is 34.9 Å². The van der Waals surface area contributed by atoms with Crippen LogP contribution in [0.3, 0.4) is 0 Å². The topological polar surface area (TPSA) is 119 Å². The van der Waals surface area contributed by atoms with Crippen LogP contribution in [0.1, 0.15) is 46.0 Å². The first kappa shape index (κ1) is 20.3. The van der Waals surface area contributed by atoms with Gasteiger partial charge in [0.25, 0.3) is 0 Å². The van der Waals surface area contributed by atoms with Gasteiger partial charge >= 0.3 is 17.2 Å². The third-order valence-corrected chi connectivity index (χ3v) is 4.40. The molecule has 9 heteroatoms. The highest BCUT2D eigenvalue weighted by atomic mass is 32.2. The molecule has 1 rings (SSSR count). The lowest BCUT2D eigenvalue weighted by Gasteiger charge is -2.22. The molecule has 1 saturated carbocycles. The summed E-state index contributed by atoms with van der Waals surface area (Å²) in [6, 6.07) is 0. The van der Waals surface area contributed by atoms with Crippen LogP contribution < -0.4 is 5.32 Å². The standard InChI is InChI=1S/C15H23NO7S/c1-9(13(19)16-8-12(17)18)24-15(21)23-10(2)22-14(20)11-6-4-3-5-7-11/h9-11H,3-8H2,1-2H3,(H,16,19)(H,17,18)/t9?,10-/m0/s1. The number of nitrogens with one attached hydrogen (secondary N) is 1. The average molecular weight is 361 g/mol. The molecule has 0 aromatic heterocycles. The van der Waals surface area contributed by atoms with Crippen molar-refractivity contribution < 1.29 is 33.8 Å². The van der Waals surface area contributed by atoms with E-state index in [9.17, 15) is 19.2 Å². The monoisotopic (exact) mass is 361 g/mol. The van der Waals surface area contributed by atoms with Gasteiger partial charge in [0.1, 0.15) is 6.54 Å². The lowest BCUT2D eigenvalue weighted by molar-refractivity contribution is -0.169. The van der Waals surface area contributed by atoms with Gasteiger partial charge in [-0.25, -0.2) is 4.79 Å². The smallest absolute Gasteiger partial charge is 0.371 e. The van der Waals surface area contributed by atoms with E-state index in [0.29, 0.717) is 11.8 Å². The van der Waals surface area contributed by atoms with E-state index in [-0.39, 0.29) is 11.9 Å². The molecule has 136 valence electrons. The summed E-state index contributed by atoms with van der Waals surface area (Å²) in [6.45, 7) is 2.37. The van der Waals surface area contributed by atoms with Crippen molar-refractivity contribution in [3.8, 4) is 0 Å². The van der Waals surface area contributed by atoms with E-state index in [1.54, 1.807) is 0 Å². The highest BCUT2D eigenvalue weighted by molar-refractivity contribution is 8.14. The molecule has 24 heavy (non-hydrogen) atoms. The van der Waals surface area contributed by atoms with E-state index in [0.717, 1.165) is 32.1 Å². The summed E-state index contributed by atoms with van der Waals surface area (Å²) in [7, 11) is 0. The SMILES string of the molecule is CC(SC(=O)O[C@@H](C)OC(=O)C1CCCCC1)C(=O)NCC(=O)O. The molecule has 0 radical (unpaired) electrons. The molecule has 0 bridgehead atoms. The van der Waals surface area contributed by atoms with Gasteiger partial charge in [-0.3, -0.25) is 14.4 Å². The van der Waals surface area contributed by atoms with Crippen molar-refractivity contribution in [2.75, 3.05) is 6.54 Å². The van der Waals surface area contributed by atoms with E-state index < -0.39 is 35.3 Å². The van der Waals surface area contributed by atoms with Crippen molar-refractivity contribution in [2.24, 2.45) is 5.92 Å². The van der Waals surface area contributed by atoms with Crippen LogP contribution in [0.25, 0.3) is 0 Å². The van der Waals surface area contributed by atoms with Gasteiger partial charge < -0.3 is 19.9 Å². The predicted octanol–water partition coefficient (Wildman–Crippen LogP) is 1.91. The Morgan fingerprint density at radius 3 is 2.33 bits per heavy atom. The van der Waals surface area contributed by atoms with Gasteiger partial charge in [0, 0.05) is 6.92 Å². The minimum absolute atomic E-state index is 0.145. The van der Waals surface area contributed by atoms with Gasteiger partial charge in [0.05, 0.1) is 11.2 Å². The van der Waals surface area contributed by atoms with Gasteiger partial charge in [-0.15, -0.1) is 0 Å². The van der Waals surface area contributed by atoms with Crippen LogP contribution in [0.5, 0.6) is 0 Å². The molecule has 0 aromatic carbocycles. The molecule has 0 saturated heterocycles. The number of carbonyl (C=O) groups is 4. The number of thioether (sulfide) groups is 1. The van der Waals surface area contributed by atoms with E-state index in [1.165, 1.54) is 13.8 Å². The highest BCUT2D eigenvalue weighted by Crippen LogP contribution is 2.25. The Bertz CT molecular complexity index is 476. The zero-order valence-corrected chi connectivity index (χ0v) is 14.6. The number of aliphatic carboxylic acids is 1. The highest BCUT2D eigenvalue weighted by Gasteiger charge is 2.26. The maximum atomic E-state index is 11.9. The normalized spacial score (nSPS) is 17.4. The number of ether oxygens (including phenoxy) is 2. The minimum Gasteiger partial charge on any atom is -0.480 e. The third-order valence-electron chi connectivity index (χ3n) is 3.54. The summed E-state index contributed by atoms with van der Waals surface area (Å²) in [5, 5.41) is 9.05. The summed E-state index contributed by atoms with van der Waals surface area (Å²) < 4.78 is 10.1. The van der Waals surface area contributed by atoms with Crippen LogP contribution in [-0.2, 0) is 23.9 Å². The maximum Gasteiger partial charge on any atom is 0.371 e. The Hall–Kier alpha value is -1.77. The van der Waals surface area contributed by atoms with Gasteiger partial charge in [0.2, 0.25) is 12.2 Å². The predicted molar refractivity (Wildman–Crippen MR) is 86.3 cm³/mol. The van der Waals surface area contributed by atoms with Crippen LogP contribution in [0.15, 0.2) is 0 Å². The number of carboxylic acid groups (broad SMARTS) is 1. The van der Waals surface area contributed by atoms with Crippen molar-refractivity contribution in [1.29, 1.82) is 0 Å². The van der Waals surface area contributed by atoms with E-state index >= 15 is 0 Å². The average Bonchev–Trinajstić information content (AvgIpc) is 2.52. The zero-order chi connectivity index (χ0) is 18.1. The van der Waals surface area contributed by atoms with E-state index in [2.05, 4.69) is 5.32 Å². The second-order valence-electron chi connectivity index (χ2n) is 5.58. The van der Waals surface area contributed by atoms with Crippen LogP contribution in [0, 0.1) is 5.92 Å². The summed E-state index contributed by atoms with van der Waals surface area (Å²) in [5.74, 6) is -2.28. The summed E-state index contributed by atoms with van der Waals surface area (Å²) in [4.78, 5) is 45.6. The Balaban J connectivity index is 2.31. The molecule has 1 aliphatic rings. The molecule has 0 aromatic rings. The van der Waals surface area contributed by atoms with E-state index in [4.69, 9.17) is 14.6 Å². The van der Waals surface area contributed by atoms with Crippen molar-refractivity contribution in [3.63, 3.8) is 0 Å². The molecule has 1 amide bonds. The third kappa shape index (κ3) is 7.67. The number of carboxylic acids is 1. The molecule has 1 aliphatic carbocycles. The number of carbonyl (C=O) groups excluding carboxylic acids is 3. The van der Waals surface area contributed by atoms with Crippen LogP contribution in [0.4, 0.5) is 4.79 Å². The molecular formula is C15H23NO7S. The maximum absolute atomic E-state index is 11.9. The Morgan fingerprint density at radius 1 is 1.12 bits per heavy atom. The van der Waals surface area contributed by atoms with E-state index in [1.807, 2.05) is 0 Å². The quantitative estimate of drug-likeness (QED) is 0.521. The lowest BCUT2D eigenvalue weighted by atomic mass is 9.89. The number of esters is 1. The Kier molecular flexibility index (Phi) is 8.59. The van der Waals surface area contributed by atoms with Gasteiger partial charge in [-0.2, -0.15) is 0 Å². The fourth-order valence-corrected chi connectivity index (χ4v) is 2.96. The summed E-state index contributed by atoms with van der Waals surface area (Å²) >= 11 is 0.593. The molecule has 1 fully saturated rings. The summed E-state index contributed by atoms with van der Waals surface area (Å²) in [6.07, 6.45) is 3.64. The molecule has 2 N–H and O–H groups in total. The van der Waals surface area contributed by atoms with Crippen molar-refractivity contribution in [3.05, 3.63) is 0 Å².